The van der Waals surface area contributed by atoms with Crippen LogP contribution in [0.5, 0.6) is 0 Å². The van der Waals surface area contributed by atoms with Crippen molar-refractivity contribution in [3.05, 3.63) is 35.9 Å². The lowest BCUT2D eigenvalue weighted by Gasteiger charge is -2.32. The maximum Gasteiger partial charge on any atom is 0.404 e. The molecule has 0 aliphatic heterocycles. The summed E-state index contributed by atoms with van der Waals surface area (Å²) in [4.78, 5) is 10.8. The van der Waals surface area contributed by atoms with Gasteiger partial charge >= 0.3 is 6.09 Å². The Balaban J connectivity index is 2.75. The number of hydrogen-bond acceptors (Lipinski definition) is 2. The fourth-order valence-corrected chi connectivity index (χ4v) is 1.81. The third-order valence-corrected chi connectivity index (χ3v) is 2.99. The molecule has 100 valence electrons. The van der Waals surface area contributed by atoms with Crippen molar-refractivity contribution >= 4 is 6.09 Å². The summed E-state index contributed by atoms with van der Waals surface area (Å²) >= 11 is 0. The van der Waals surface area contributed by atoms with Crippen molar-refractivity contribution in [2.45, 2.75) is 39.3 Å². The second-order valence-electron chi connectivity index (χ2n) is 5.53. The molecule has 0 spiro atoms. The summed E-state index contributed by atoms with van der Waals surface area (Å²) in [5.74, 6) is 0. The topological polar surface area (TPSA) is 69.6 Å². The molecular formula is C14H21NO3. The van der Waals surface area contributed by atoms with Crippen LogP contribution in [0.25, 0.3) is 0 Å². The molecule has 3 N–H and O–H groups in total. The van der Waals surface area contributed by atoms with Crippen molar-refractivity contribution in [1.29, 1.82) is 0 Å². The molecule has 0 fully saturated rings. The lowest BCUT2D eigenvalue weighted by Crippen LogP contribution is -2.44. The van der Waals surface area contributed by atoms with Crippen LogP contribution < -0.4 is 5.32 Å². The second kappa shape index (κ2) is 5.87. The first kappa shape index (κ1) is 14.5. The van der Waals surface area contributed by atoms with Crippen LogP contribution in [0.4, 0.5) is 4.79 Å². The Labute approximate surface area is 108 Å². The Morgan fingerprint density at radius 1 is 1.28 bits per heavy atom. The average Bonchev–Trinajstić information content (AvgIpc) is 2.27. The van der Waals surface area contributed by atoms with Gasteiger partial charge in [-0.15, -0.1) is 0 Å². The Morgan fingerprint density at radius 3 is 2.28 bits per heavy atom. The van der Waals surface area contributed by atoms with Crippen LogP contribution in [0.1, 0.15) is 38.9 Å². The number of amides is 1. The molecule has 0 aliphatic rings. The predicted octanol–water partition coefficient (Wildman–Crippen LogP) is 2.79. The maximum absolute atomic E-state index is 10.8. The van der Waals surface area contributed by atoms with Gasteiger partial charge in [-0.3, -0.25) is 0 Å². The van der Waals surface area contributed by atoms with E-state index in [0.29, 0.717) is 6.42 Å². The number of aliphatic hydroxyl groups excluding tert-OH is 1. The van der Waals surface area contributed by atoms with Crippen LogP contribution in [-0.2, 0) is 0 Å². The highest BCUT2D eigenvalue weighted by molar-refractivity contribution is 5.65. The first-order chi connectivity index (χ1) is 8.30. The zero-order valence-corrected chi connectivity index (χ0v) is 11.1. The van der Waals surface area contributed by atoms with Gasteiger partial charge in [0.15, 0.2) is 0 Å². The molecule has 0 heterocycles. The maximum atomic E-state index is 10.8. The number of benzene rings is 1. The number of rotatable bonds is 4. The summed E-state index contributed by atoms with van der Waals surface area (Å²) < 4.78 is 0. The largest absolute Gasteiger partial charge is 0.465 e. The van der Waals surface area contributed by atoms with Crippen LogP contribution >= 0.6 is 0 Å². The fraction of sp³-hybridized carbons (Fsp3) is 0.500. The summed E-state index contributed by atoms with van der Waals surface area (Å²) in [6.07, 6.45) is -1.36. The molecule has 18 heavy (non-hydrogen) atoms. The van der Waals surface area contributed by atoms with Gasteiger partial charge in [0.05, 0.1) is 6.10 Å². The van der Waals surface area contributed by atoms with E-state index in [1.54, 1.807) is 0 Å². The minimum atomic E-state index is -1.06. The van der Waals surface area contributed by atoms with Crippen LogP contribution in [0.15, 0.2) is 30.3 Å². The van der Waals surface area contributed by atoms with E-state index in [9.17, 15) is 9.90 Å². The summed E-state index contributed by atoms with van der Waals surface area (Å²) in [6.45, 7) is 5.85. The SMILES string of the molecule is CC(C)(C)C(CC(O)c1ccccc1)NC(=O)O. The third-order valence-electron chi connectivity index (χ3n) is 2.99. The molecule has 0 saturated heterocycles. The first-order valence-corrected chi connectivity index (χ1v) is 6.03. The number of carbonyl (C=O) groups is 1. The van der Waals surface area contributed by atoms with E-state index >= 15 is 0 Å². The monoisotopic (exact) mass is 251 g/mol. The van der Waals surface area contributed by atoms with Crippen molar-refractivity contribution in [2.75, 3.05) is 0 Å². The van der Waals surface area contributed by atoms with Crippen molar-refractivity contribution in [3.63, 3.8) is 0 Å². The zero-order chi connectivity index (χ0) is 13.8. The molecule has 0 bridgehead atoms. The Morgan fingerprint density at radius 2 is 1.83 bits per heavy atom. The highest BCUT2D eigenvalue weighted by Crippen LogP contribution is 2.28. The van der Waals surface area contributed by atoms with Gasteiger partial charge in [0, 0.05) is 6.04 Å². The van der Waals surface area contributed by atoms with Crippen LogP contribution in [-0.4, -0.2) is 22.3 Å². The van der Waals surface area contributed by atoms with E-state index in [1.807, 2.05) is 51.1 Å². The fourth-order valence-electron chi connectivity index (χ4n) is 1.81. The normalized spacial score (nSPS) is 14.9. The molecule has 0 saturated carbocycles. The number of aliphatic hydroxyl groups is 1. The quantitative estimate of drug-likeness (QED) is 0.770. The zero-order valence-electron chi connectivity index (χ0n) is 11.1. The number of hydrogen-bond donors (Lipinski definition) is 3. The molecule has 1 amide bonds. The van der Waals surface area contributed by atoms with E-state index in [-0.39, 0.29) is 11.5 Å². The van der Waals surface area contributed by atoms with Crippen molar-refractivity contribution in [2.24, 2.45) is 5.41 Å². The van der Waals surface area contributed by atoms with Crippen molar-refractivity contribution in [1.82, 2.24) is 5.32 Å². The minimum absolute atomic E-state index is 0.242. The molecule has 2 unspecified atom stereocenters. The van der Waals surface area contributed by atoms with Crippen molar-refractivity contribution < 1.29 is 15.0 Å². The van der Waals surface area contributed by atoms with Gasteiger partial charge in [-0.05, 0) is 17.4 Å². The van der Waals surface area contributed by atoms with Gasteiger partial charge in [0.1, 0.15) is 0 Å². The lowest BCUT2D eigenvalue weighted by molar-refractivity contribution is 0.114. The summed E-state index contributed by atoms with van der Waals surface area (Å²) in [5, 5.41) is 21.4. The van der Waals surface area contributed by atoms with Crippen LogP contribution in [0.2, 0.25) is 0 Å². The summed E-state index contributed by atoms with van der Waals surface area (Å²) in [5.41, 5.74) is 0.563. The lowest BCUT2D eigenvalue weighted by atomic mass is 9.82. The molecule has 4 nitrogen and oxygen atoms in total. The average molecular weight is 251 g/mol. The van der Waals surface area contributed by atoms with E-state index in [1.165, 1.54) is 0 Å². The summed E-state index contributed by atoms with van der Waals surface area (Å²) in [7, 11) is 0. The molecule has 4 heteroatoms. The van der Waals surface area contributed by atoms with Crippen LogP contribution in [0, 0.1) is 5.41 Å². The van der Waals surface area contributed by atoms with E-state index in [2.05, 4.69) is 5.32 Å². The molecule has 1 aromatic rings. The standard InChI is InChI=1S/C14H21NO3/c1-14(2,3)12(15-13(17)18)9-11(16)10-7-5-4-6-8-10/h4-8,11-12,15-16H,9H2,1-3H3,(H,17,18). The second-order valence-corrected chi connectivity index (χ2v) is 5.53. The summed E-state index contributed by atoms with van der Waals surface area (Å²) in [6, 6.07) is 8.97. The van der Waals surface area contributed by atoms with Gasteiger partial charge < -0.3 is 15.5 Å². The van der Waals surface area contributed by atoms with E-state index in [0.717, 1.165) is 5.56 Å². The van der Waals surface area contributed by atoms with Gasteiger partial charge in [-0.2, -0.15) is 0 Å². The highest BCUT2D eigenvalue weighted by Gasteiger charge is 2.28. The smallest absolute Gasteiger partial charge is 0.404 e. The van der Waals surface area contributed by atoms with Gasteiger partial charge in [-0.1, -0.05) is 51.1 Å². The Kier molecular flexibility index (Phi) is 4.73. The Hall–Kier alpha value is -1.55. The van der Waals surface area contributed by atoms with E-state index < -0.39 is 12.2 Å². The van der Waals surface area contributed by atoms with Gasteiger partial charge in [-0.25, -0.2) is 4.79 Å². The molecule has 1 rings (SSSR count). The molecule has 0 aliphatic carbocycles. The van der Waals surface area contributed by atoms with Crippen LogP contribution in [0.3, 0.4) is 0 Å². The number of nitrogens with one attached hydrogen (secondary N) is 1. The molecule has 2 atom stereocenters. The van der Waals surface area contributed by atoms with Crippen molar-refractivity contribution in [3.8, 4) is 0 Å². The molecular weight excluding hydrogens is 230 g/mol. The predicted molar refractivity (Wildman–Crippen MR) is 70.4 cm³/mol. The van der Waals surface area contributed by atoms with Gasteiger partial charge in [0.2, 0.25) is 0 Å². The first-order valence-electron chi connectivity index (χ1n) is 6.03. The molecule has 0 aromatic heterocycles. The minimum Gasteiger partial charge on any atom is -0.465 e. The van der Waals surface area contributed by atoms with E-state index in [4.69, 9.17) is 5.11 Å². The van der Waals surface area contributed by atoms with Gasteiger partial charge in [0.25, 0.3) is 0 Å². The molecule has 1 aromatic carbocycles. The number of carboxylic acid groups (broad SMARTS) is 1. The third kappa shape index (κ3) is 4.37. The highest BCUT2D eigenvalue weighted by atomic mass is 16.4. The Bertz CT molecular complexity index is 384. The molecule has 0 radical (unpaired) electrons.